The zero-order chi connectivity index (χ0) is 22.7. The highest BCUT2D eigenvalue weighted by Gasteiger charge is 2.22. The molecular weight excluding hydrogens is 446 g/mol. The van der Waals surface area contributed by atoms with Gasteiger partial charge in [-0.15, -0.1) is 11.3 Å². The van der Waals surface area contributed by atoms with Gasteiger partial charge in [0.2, 0.25) is 5.91 Å². The Morgan fingerprint density at radius 1 is 1.19 bits per heavy atom. The van der Waals surface area contributed by atoms with Crippen LogP contribution < -0.4 is 5.32 Å². The second-order valence-corrected chi connectivity index (χ2v) is 9.04. The minimum atomic E-state index is -0.428. The highest BCUT2D eigenvalue weighted by atomic mass is 32.2. The molecule has 0 bridgehead atoms. The zero-order valence-corrected chi connectivity index (χ0v) is 19.4. The van der Waals surface area contributed by atoms with Crippen LogP contribution in [0, 0.1) is 13.8 Å². The highest BCUT2D eigenvalue weighted by Crippen LogP contribution is 2.33. The SMILES string of the molecule is CCOC(=O)c1c(NC(=O)CSc2ncnc3c2cnn3-c2ccccc2)sc(C)c1C. The summed E-state index contributed by atoms with van der Waals surface area (Å²) in [5, 5.41) is 9.23. The van der Waals surface area contributed by atoms with E-state index >= 15 is 0 Å². The molecule has 0 atom stereocenters. The van der Waals surface area contributed by atoms with Crippen molar-refractivity contribution in [3.63, 3.8) is 0 Å². The van der Waals surface area contributed by atoms with E-state index < -0.39 is 5.97 Å². The number of nitrogens with one attached hydrogen (secondary N) is 1. The first-order valence-electron chi connectivity index (χ1n) is 9.93. The van der Waals surface area contributed by atoms with Gasteiger partial charge in [-0.3, -0.25) is 4.79 Å². The Balaban J connectivity index is 1.50. The van der Waals surface area contributed by atoms with Crippen LogP contribution in [-0.4, -0.2) is 44.0 Å². The molecule has 0 fully saturated rings. The summed E-state index contributed by atoms with van der Waals surface area (Å²) in [5.41, 5.74) is 2.80. The number of benzene rings is 1. The maximum Gasteiger partial charge on any atom is 0.341 e. The lowest BCUT2D eigenvalue weighted by Gasteiger charge is -2.07. The number of fused-ring (bicyclic) bond motifs is 1. The number of aromatic nitrogens is 4. The van der Waals surface area contributed by atoms with Crippen molar-refractivity contribution in [3.05, 3.63) is 58.9 Å². The quantitative estimate of drug-likeness (QED) is 0.244. The van der Waals surface area contributed by atoms with Crippen molar-refractivity contribution >= 4 is 51.0 Å². The highest BCUT2D eigenvalue weighted by molar-refractivity contribution is 8.00. The molecule has 0 unspecified atom stereocenters. The molecule has 1 amide bonds. The summed E-state index contributed by atoms with van der Waals surface area (Å²) in [5.74, 6) is -0.534. The van der Waals surface area contributed by atoms with Crippen LogP contribution in [-0.2, 0) is 9.53 Å². The van der Waals surface area contributed by atoms with Crippen LogP contribution in [0.5, 0.6) is 0 Å². The predicted molar refractivity (Wildman–Crippen MR) is 126 cm³/mol. The Kier molecular flexibility index (Phi) is 6.52. The van der Waals surface area contributed by atoms with E-state index in [9.17, 15) is 9.59 Å². The fourth-order valence-corrected chi connectivity index (χ4v) is 4.98. The number of esters is 1. The number of nitrogens with zero attached hydrogens (tertiary/aromatic N) is 4. The Hall–Kier alpha value is -3.24. The standard InChI is InChI=1S/C22H21N5O3S2/c1-4-30-22(29)18-13(2)14(3)32-21(18)26-17(28)11-31-20-16-10-25-27(19(16)23-12-24-20)15-8-6-5-7-9-15/h5-10,12H,4,11H2,1-3H3,(H,26,28). The van der Waals surface area contributed by atoms with E-state index in [1.54, 1.807) is 17.8 Å². The molecule has 0 aliphatic heterocycles. The van der Waals surface area contributed by atoms with Crippen molar-refractivity contribution in [1.29, 1.82) is 0 Å². The van der Waals surface area contributed by atoms with E-state index in [0.717, 1.165) is 21.5 Å². The van der Waals surface area contributed by atoms with Crippen molar-refractivity contribution < 1.29 is 14.3 Å². The fourth-order valence-electron chi connectivity index (χ4n) is 3.16. The van der Waals surface area contributed by atoms with Gasteiger partial charge in [-0.05, 0) is 38.5 Å². The lowest BCUT2D eigenvalue weighted by atomic mass is 10.1. The topological polar surface area (TPSA) is 99.0 Å². The van der Waals surface area contributed by atoms with Crippen molar-refractivity contribution in [1.82, 2.24) is 19.7 Å². The first-order valence-corrected chi connectivity index (χ1v) is 11.7. The Morgan fingerprint density at radius 2 is 1.97 bits per heavy atom. The molecule has 1 N–H and O–H groups in total. The summed E-state index contributed by atoms with van der Waals surface area (Å²) in [6.07, 6.45) is 3.17. The number of thioether (sulfide) groups is 1. The second-order valence-electron chi connectivity index (χ2n) is 6.85. The molecule has 0 radical (unpaired) electrons. The molecular formula is C22H21N5O3S2. The zero-order valence-electron chi connectivity index (χ0n) is 17.8. The van der Waals surface area contributed by atoms with Gasteiger partial charge >= 0.3 is 5.97 Å². The molecule has 3 aromatic heterocycles. The maximum atomic E-state index is 12.7. The molecule has 0 saturated heterocycles. The number of thiophene rings is 1. The van der Waals surface area contributed by atoms with E-state index in [1.165, 1.54) is 29.4 Å². The van der Waals surface area contributed by atoms with E-state index in [-0.39, 0.29) is 18.3 Å². The van der Waals surface area contributed by atoms with Crippen LogP contribution in [0.1, 0.15) is 27.7 Å². The van der Waals surface area contributed by atoms with Gasteiger partial charge < -0.3 is 10.1 Å². The van der Waals surface area contributed by atoms with Crippen molar-refractivity contribution in [2.24, 2.45) is 0 Å². The molecule has 164 valence electrons. The van der Waals surface area contributed by atoms with Crippen LogP contribution in [0.25, 0.3) is 16.7 Å². The summed E-state index contributed by atoms with van der Waals surface area (Å²) in [4.78, 5) is 34.6. The predicted octanol–water partition coefficient (Wildman–Crippen LogP) is 4.40. The average molecular weight is 468 g/mol. The molecule has 10 heteroatoms. The molecule has 4 rings (SSSR count). The third-order valence-corrected chi connectivity index (χ3v) is 6.92. The fraction of sp³-hybridized carbons (Fsp3) is 0.227. The third-order valence-electron chi connectivity index (χ3n) is 4.79. The van der Waals surface area contributed by atoms with Gasteiger partial charge in [0.05, 0.1) is 35.2 Å². The Labute approximate surface area is 193 Å². The van der Waals surface area contributed by atoms with Gasteiger partial charge in [-0.1, -0.05) is 30.0 Å². The normalized spacial score (nSPS) is 11.0. The number of hydrogen-bond acceptors (Lipinski definition) is 8. The number of ether oxygens (including phenoxy) is 1. The number of para-hydroxylation sites is 1. The summed E-state index contributed by atoms with van der Waals surface area (Å²) in [7, 11) is 0. The smallest absolute Gasteiger partial charge is 0.341 e. The van der Waals surface area contributed by atoms with E-state index in [2.05, 4.69) is 20.4 Å². The van der Waals surface area contributed by atoms with Crippen LogP contribution in [0.15, 0.2) is 47.9 Å². The number of anilines is 1. The lowest BCUT2D eigenvalue weighted by Crippen LogP contribution is -2.16. The molecule has 4 aromatic rings. The van der Waals surface area contributed by atoms with Gasteiger partial charge in [0.25, 0.3) is 0 Å². The number of carbonyl (C=O) groups is 2. The van der Waals surface area contributed by atoms with E-state index in [1.807, 2.05) is 44.2 Å². The van der Waals surface area contributed by atoms with Gasteiger partial charge in [0, 0.05) is 4.88 Å². The number of hydrogen-bond donors (Lipinski definition) is 1. The van der Waals surface area contributed by atoms with Crippen LogP contribution in [0.2, 0.25) is 0 Å². The second kappa shape index (κ2) is 9.49. The summed E-state index contributed by atoms with van der Waals surface area (Å²) in [6, 6.07) is 9.70. The Bertz CT molecular complexity index is 1280. The molecule has 32 heavy (non-hydrogen) atoms. The first-order chi connectivity index (χ1) is 15.5. The number of carbonyl (C=O) groups excluding carboxylic acids is 2. The first kappa shape index (κ1) is 22.0. The molecule has 8 nitrogen and oxygen atoms in total. The van der Waals surface area contributed by atoms with E-state index in [0.29, 0.717) is 21.2 Å². The summed E-state index contributed by atoms with van der Waals surface area (Å²) >= 11 is 2.66. The van der Waals surface area contributed by atoms with Crippen LogP contribution in [0.3, 0.4) is 0 Å². The molecule has 1 aromatic carbocycles. The van der Waals surface area contributed by atoms with Crippen molar-refractivity contribution in [2.75, 3.05) is 17.7 Å². The van der Waals surface area contributed by atoms with Gasteiger partial charge in [-0.25, -0.2) is 19.4 Å². The largest absolute Gasteiger partial charge is 0.462 e. The minimum Gasteiger partial charge on any atom is -0.462 e. The number of rotatable bonds is 7. The van der Waals surface area contributed by atoms with E-state index in [4.69, 9.17) is 4.74 Å². The molecule has 0 saturated carbocycles. The maximum absolute atomic E-state index is 12.7. The number of aryl methyl sites for hydroxylation is 1. The molecule has 0 spiro atoms. The summed E-state index contributed by atoms with van der Waals surface area (Å²) < 4.78 is 6.89. The lowest BCUT2D eigenvalue weighted by molar-refractivity contribution is -0.113. The number of amides is 1. The monoisotopic (exact) mass is 467 g/mol. The third kappa shape index (κ3) is 4.37. The minimum absolute atomic E-state index is 0.126. The van der Waals surface area contributed by atoms with Gasteiger partial charge in [-0.2, -0.15) is 5.10 Å². The summed E-state index contributed by atoms with van der Waals surface area (Å²) in [6.45, 7) is 5.79. The Morgan fingerprint density at radius 3 is 2.72 bits per heavy atom. The van der Waals surface area contributed by atoms with Gasteiger partial charge in [0.15, 0.2) is 5.65 Å². The van der Waals surface area contributed by atoms with Crippen LogP contribution >= 0.6 is 23.1 Å². The molecule has 0 aliphatic carbocycles. The van der Waals surface area contributed by atoms with Crippen molar-refractivity contribution in [3.8, 4) is 5.69 Å². The average Bonchev–Trinajstić information content (AvgIpc) is 3.34. The molecule has 0 aliphatic rings. The van der Waals surface area contributed by atoms with Crippen LogP contribution in [0.4, 0.5) is 5.00 Å². The van der Waals surface area contributed by atoms with Crippen molar-refractivity contribution in [2.45, 2.75) is 25.8 Å². The molecule has 3 heterocycles. The van der Waals surface area contributed by atoms with Gasteiger partial charge in [0.1, 0.15) is 16.4 Å².